The smallest absolute Gasteiger partial charge is 0.237 e. The van der Waals surface area contributed by atoms with Crippen molar-refractivity contribution in [1.82, 2.24) is 10.2 Å². The van der Waals surface area contributed by atoms with Crippen molar-refractivity contribution in [3.8, 4) is 0 Å². The highest BCUT2D eigenvalue weighted by Gasteiger charge is 2.43. The molecule has 0 aromatic carbocycles. The van der Waals surface area contributed by atoms with Crippen LogP contribution in [0.2, 0.25) is 0 Å². The Morgan fingerprint density at radius 2 is 2.00 bits per heavy atom. The van der Waals surface area contributed by atoms with Gasteiger partial charge in [-0.3, -0.25) is 4.79 Å². The van der Waals surface area contributed by atoms with E-state index in [1.54, 1.807) is 0 Å². The summed E-state index contributed by atoms with van der Waals surface area (Å²) in [7, 11) is 0. The molecule has 4 nitrogen and oxygen atoms in total. The van der Waals surface area contributed by atoms with Crippen LogP contribution in [0, 0.1) is 5.92 Å². The van der Waals surface area contributed by atoms with Crippen LogP contribution < -0.4 is 11.1 Å². The Morgan fingerprint density at radius 1 is 1.41 bits per heavy atom. The Balaban J connectivity index is 1.90. The summed E-state index contributed by atoms with van der Waals surface area (Å²) in [6, 6.07) is 0.541. The summed E-state index contributed by atoms with van der Waals surface area (Å²) in [4.78, 5) is 14.2. The van der Waals surface area contributed by atoms with Gasteiger partial charge in [-0.2, -0.15) is 0 Å². The Labute approximate surface area is 104 Å². The van der Waals surface area contributed by atoms with Gasteiger partial charge in [0.25, 0.3) is 0 Å². The number of piperidine rings is 1. The first-order valence-corrected chi connectivity index (χ1v) is 6.82. The molecule has 98 valence electrons. The zero-order valence-electron chi connectivity index (χ0n) is 11.0. The van der Waals surface area contributed by atoms with Gasteiger partial charge in [-0.1, -0.05) is 13.8 Å². The van der Waals surface area contributed by atoms with Gasteiger partial charge >= 0.3 is 0 Å². The first kappa shape index (κ1) is 12.8. The number of amides is 1. The third-order valence-corrected chi connectivity index (χ3v) is 3.86. The number of carbonyl (C=O) groups excluding carboxylic acids is 1. The molecule has 17 heavy (non-hydrogen) atoms. The number of primary amides is 1. The monoisotopic (exact) mass is 239 g/mol. The lowest BCUT2D eigenvalue weighted by Crippen LogP contribution is -2.61. The van der Waals surface area contributed by atoms with E-state index in [1.807, 2.05) is 0 Å². The van der Waals surface area contributed by atoms with Gasteiger partial charge in [-0.15, -0.1) is 0 Å². The van der Waals surface area contributed by atoms with Crippen molar-refractivity contribution in [1.29, 1.82) is 0 Å². The normalized spacial score (nSPS) is 25.1. The van der Waals surface area contributed by atoms with Gasteiger partial charge in [-0.25, -0.2) is 0 Å². The maximum atomic E-state index is 11.7. The molecule has 1 aliphatic heterocycles. The lowest BCUT2D eigenvalue weighted by molar-refractivity contribution is -0.126. The number of carbonyl (C=O) groups is 1. The number of rotatable bonds is 5. The third-order valence-electron chi connectivity index (χ3n) is 3.86. The molecule has 0 aromatic heterocycles. The summed E-state index contributed by atoms with van der Waals surface area (Å²) < 4.78 is 0. The highest BCUT2D eigenvalue weighted by atomic mass is 16.1. The molecular weight excluding hydrogens is 214 g/mol. The maximum Gasteiger partial charge on any atom is 0.237 e. The van der Waals surface area contributed by atoms with E-state index in [2.05, 4.69) is 24.1 Å². The minimum atomic E-state index is -0.422. The van der Waals surface area contributed by atoms with E-state index in [9.17, 15) is 4.79 Å². The second-order valence-electron chi connectivity index (χ2n) is 6.06. The minimum absolute atomic E-state index is 0.159. The zero-order valence-corrected chi connectivity index (χ0v) is 11.0. The van der Waals surface area contributed by atoms with E-state index in [0.717, 1.165) is 32.5 Å². The predicted octanol–water partition coefficient (Wildman–Crippen LogP) is 0.714. The van der Waals surface area contributed by atoms with Gasteiger partial charge in [0.05, 0.1) is 0 Å². The van der Waals surface area contributed by atoms with Crippen LogP contribution in [0.25, 0.3) is 0 Å². The van der Waals surface area contributed by atoms with Crippen molar-refractivity contribution in [2.24, 2.45) is 11.7 Å². The summed E-state index contributed by atoms with van der Waals surface area (Å²) in [5.74, 6) is 0.529. The zero-order chi connectivity index (χ0) is 12.5. The molecule has 0 bridgehead atoms. The molecule has 4 heteroatoms. The fraction of sp³-hybridized carbons (Fsp3) is 0.923. The Morgan fingerprint density at radius 3 is 2.41 bits per heavy atom. The van der Waals surface area contributed by atoms with Gasteiger partial charge in [0.2, 0.25) is 5.91 Å². The number of hydrogen-bond donors (Lipinski definition) is 2. The van der Waals surface area contributed by atoms with Crippen LogP contribution in [-0.4, -0.2) is 42.0 Å². The number of hydrogen-bond acceptors (Lipinski definition) is 3. The fourth-order valence-corrected chi connectivity index (χ4v) is 2.71. The molecule has 3 N–H and O–H groups in total. The average molecular weight is 239 g/mol. The topological polar surface area (TPSA) is 58.4 Å². The third kappa shape index (κ3) is 3.19. The van der Waals surface area contributed by atoms with Gasteiger partial charge < -0.3 is 16.0 Å². The van der Waals surface area contributed by atoms with Crippen molar-refractivity contribution in [2.75, 3.05) is 19.6 Å². The van der Waals surface area contributed by atoms with Crippen molar-refractivity contribution in [3.63, 3.8) is 0 Å². The highest BCUT2D eigenvalue weighted by molar-refractivity contribution is 5.85. The summed E-state index contributed by atoms with van der Waals surface area (Å²) in [5.41, 5.74) is 5.18. The van der Waals surface area contributed by atoms with Crippen molar-refractivity contribution in [3.05, 3.63) is 0 Å². The molecule has 1 heterocycles. The van der Waals surface area contributed by atoms with Gasteiger partial charge in [-0.05, 0) is 31.6 Å². The molecule has 1 saturated heterocycles. The molecular formula is C13H25N3O. The summed E-state index contributed by atoms with van der Waals surface area (Å²) >= 11 is 0. The quantitative estimate of drug-likeness (QED) is 0.743. The molecule has 2 aliphatic rings. The number of nitrogens with one attached hydrogen (secondary N) is 1. The minimum Gasteiger partial charge on any atom is -0.368 e. The predicted molar refractivity (Wildman–Crippen MR) is 68.6 cm³/mol. The molecule has 1 amide bonds. The van der Waals surface area contributed by atoms with E-state index >= 15 is 0 Å². The second kappa shape index (κ2) is 4.94. The van der Waals surface area contributed by atoms with E-state index in [1.165, 1.54) is 12.8 Å². The highest BCUT2D eigenvalue weighted by Crippen LogP contribution is 2.29. The van der Waals surface area contributed by atoms with E-state index in [4.69, 9.17) is 5.73 Å². The first-order chi connectivity index (χ1) is 8.02. The average Bonchev–Trinajstić information content (AvgIpc) is 3.04. The van der Waals surface area contributed by atoms with Crippen molar-refractivity contribution < 1.29 is 4.79 Å². The van der Waals surface area contributed by atoms with Crippen LogP contribution in [0.3, 0.4) is 0 Å². The van der Waals surface area contributed by atoms with Gasteiger partial charge in [0.15, 0.2) is 0 Å². The van der Waals surface area contributed by atoms with Crippen LogP contribution in [-0.2, 0) is 4.79 Å². The molecule has 0 unspecified atom stereocenters. The number of nitrogens with zero attached hydrogens (tertiary/aromatic N) is 1. The van der Waals surface area contributed by atoms with Crippen molar-refractivity contribution in [2.45, 2.75) is 51.1 Å². The van der Waals surface area contributed by atoms with Crippen molar-refractivity contribution >= 4 is 5.91 Å². The van der Waals surface area contributed by atoms with Crippen LogP contribution in [0.4, 0.5) is 0 Å². The molecule has 2 fully saturated rings. The lowest BCUT2D eigenvalue weighted by atomic mass is 9.86. The molecule has 0 spiro atoms. The lowest BCUT2D eigenvalue weighted by Gasteiger charge is -2.41. The molecule has 0 atom stereocenters. The summed E-state index contributed by atoms with van der Waals surface area (Å²) in [6.45, 7) is 7.57. The molecule has 2 rings (SSSR count). The molecule has 0 aromatic rings. The van der Waals surface area contributed by atoms with Crippen LogP contribution in [0.15, 0.2) is 0 Å². The SMILES string of the molecule is CC(C)CN1CCC(NC2CC2)(C(N)=O)CC1. The van der Waals surface area contributed by atoms with Crippen LogP contribution >= 0.6 is 0 Å². The number of likely N-dealkylation sites (tertiary alicyclic amines) is 1. The first-order valence-electron chi connectivity index (χ1n) is 6.82. The van der Waals surface area contributed by atoms with Crippen LogP contribution in [0.5, 0.6) is 0 Å². The van der Waals surface area contributed by atoms with Gasteiger partial charge in [0.1, 0.15) is 5.54 Å². The largest absolute Gasteiger partial charge is 0.368 e. The standard InChI is InChI=1S/C13H25N3O/c1-10(2)9-16-7-5-13(6-8-16,12(14)17)15-11-3-4-11/h10-11,15H,3-9H2,1-2H3,(H2,14,17). The Bertz CT molecular complexity index is 278. The second-order valence-corrected chi connectivity index (χ2v) is 6.06. The van der Waals surface area contributed by atoms with Crippen LogP contribution in [0.1, 0.15) is 39.5 Å². The van der Waals surface area contributed by atoms with E-state index in [-0.39, 0.29) is 5.91 Å². The Hall–Kier alpha value is -0.610. The van der Waals surface area contributed by atoms with Gasteiger partial charge in [0, 0.05) is 25.7 Å². The summed E-state index contributed by atoms with van der Waals surface area (Å²) in [6.07, 6.45) is 4.13. The molecule has 1 saturated carbocycles. The molecule has 1 aliphatic carbocycles. The molecule has 0 radical (unpaired) electrons. The fourth-order valence-electron chi connectivity index (χ4n) is 2.71. The van der Waals surface area contributed by atoms with E-state index < -0.39 is 5.54 Å². The summed E-state index contributed by atoms with van der Waals surface area (Å²) in [5, 5.41) is 3.48. The number of nitrogens with two attached hydrogens (primary N) is 1. The Kier molecular flexibility index (Phi) is 3.73. The van der Waals surface area contributed by atoms with E-state index in [0.29, 0.717) is 12.0 Å². The maximum absolute atomic E-state index is 11.7.